The van der Waals surface area contributed by atoms with E-state index < -0.39 is 0 Å². The van der Waals surface area contributed by atoms with Crippen molar-refractivity contribution in [2.75, 3.05) is 13.1 Å². The molecule has 0 radical (unpaired) electrons. The van der Waals surface area contributed by atoms with Gasteiger partial charge in [0.1, 0.15) is 11.5 Å². The topological polar surface area (TPSA) is 87.8 Å². The van der Waals surface area contributed by atoms with Crippen molar-refractivity contribution < 1.29 is 19.1 Å². The Kier molecular flexibility index (Phi) is 4.88. The van der Waals surface area contributed by atoms with E-state index in [4.69, 9.17) is 4.42 Å². The normalized spacial score (nSPS) is 14.7. The summed E-state index contributed by atoms with van der Waals surface area (Å²) in [5, 5.41) is 9.98. The second kappa shape index (κ2) is 7.09. The summed E-state index contributed by atoms with van der Waals surface area (Å²) >= 11 is 0. The summed E-state index contributed by atoms with van der Waals surface area (Å²) in [4.78, 5) is 38.1. The number of fused-ring (bicyclic) bond motifs is 1. The Morgan fingerprint density at radius 1 is 1.28 bits per heavy atom. The van der Waals surface area contributed by atoms with Crippen molar-refractivity contribution >= 4 is 23.2 Å². The Morgan fingerprint density at radius 3 is 2.68 bits per heavy atom. The van der Waals surface area contributed by atoms with E-state index in [0.717, 1.165) is 32.4 Å². The number of phenolic OH excluding ortho intramolecular Hbond substituents is 1. The van der Waals surface area contributed by atoms with Crippen LogP contribution in [-0.4, -0.2) is 35.3 Å². The zero-order valence-corrected chi connectivity index (χ0v) is 14.2. The number of rotatable bonds is 4. The maximum absolute atomic E-state index is 12.7. The van der Waals surface area contributed by atoms with E-state index in [0.29, 0.717) is 24.0 Å². The van der Waals surface area contributed by atoms with Gasteiger partial charge in [-0.2, -0.15) is 0 Å². The molecule has 0 spiro atoms. The van der Waals surface area contributed by atoms with Crippen LogP contribution in [0.3, 0.4) is 0 Å². The van der Waals surface area contributed by atoms with Gasteiger partial charge in [-0.15, -0.1) is 0 Å². The van der Waals surface area contributed by atoms with Gasteiger partial charge in [0.15, 0.2) is 17.3 Å². The van der Waals surface area contributed by atoms with Crippen molar-refractivity contribution in [1.82, 2.24) is 4.90 Å². The third kappa shape index (κ3) is 3.29. The Bertz CT molecular complexity index is 877. The molecule has 1 aromatic carbocycles. The fourth-order valence-electron chi connectivity index (χ4n) is 3.35. The van der Waals surface area contributed by atoms with Crippen LogP contribution in [0.1, 0.15) is 47.4 Å². The van der Waals surface area contributed by atoms with Crippen LogP contribution in [-0.2, 0) is 11.2 Å². The van der Waals surface area contributed by atoms with Gasteiger partial charge in [-0.1, -0.05) is 0 Å². The first kappa shape index (κ1) is 17.2. The molecular weight excluding hydrogens is 322 g/mol. The number of hydrogen-bond acceptors (Lipinski definition) is 5. The number of aldehydes is 1. The molecule has 25 heavy (non-hydrogen) atoms. The van der Waals surface area contributed by atoms with Gasteiger partial charge in [0, 0.05) is 25.1 Å². The van der Waals surface area contributed by atoms with Gasteiger partial charge < -0.3 is 14.4 Å². The molecule has 0 aliphatic carbocycles. The number of piperidine rings is 1. The summed E-state index contributed by atoms with van der Waals surface area (Å²) in [6, 6.07) is 2.75. The molecule has 1 aliphatic rings. The molecule has 1 aliphatic heterocycles. The van der Waals surface area contributed by atoms with Gasteiger partial charge in [-0.25, -0.2) is 0 Å². The summed E-state index contributed by atoms with van der Waals surface area (Å²) in [6.45, 7) is 3.21. The second-order valence-electron chi connectivity index (χ2n) is 6.40. The molecule has 1 amide bonds. The standard InChI is InChI=1S/C19H21NO5/c1-12-13(6-8-17(23)20-9-3-2-4-10-20)18(24)14-5-7-16(22)15(11-21)19(14)25-12/h5,7,11,22H,2-4,6,8-10H2,1H3. The van der Waals surface area contributed by atoms with Gasteiger partial charge in [-0.05, 0) is 44.7 Å². The van der Waals surface area contributed by atoms with E-state index in [-0.39, 0.29) is 40.0 Å². The van der Waals surface area contributed by atoms with E-state index in [1.165, 1.54) is 12.1 Å². The van der Waals surface area contributed by atoms with Crippen molar-refractivity contribution in [2.45, 2.75) is 39.0 Å². The number of aromatic hydroxyl groups is 1. The van der Waals surface area contributed by atoms with Crippen LogP contribution in [0.15, 0.2) is 21.3 Å². The molecule has 0 bridgehead atoms. The molecule has 6 heteroatoms. The van der Waals surface area contributed by atoms with Crippen LogP contribution < -0.4 is 5.43 Å². The first-order valence-corrected chi connectivity index (χ1v) is 8.54. The molecular formula is C19H21NO5. The van der Waals surface area contributed by atoms with Gasteiger partial charge >= 0.3 is 0 Å². The Labute approximate surface area is 145 Å². The Balaban J connectivity index is 1.89. The molecule has 1 aromatic heterocycles. The predicted molar refractivity (Wildman–Crippen MR) is 93.0 cm³/mol. The van der Waals surface area contributed by atoms with Crippen LogP contribution in [0.4, 0.5) is 0 Å². The highest BCUT2D eigenvalue weighted by Gasteiger charge is 2.20. The molecule has 0 saturated carbocycles. The fourth-order valence-corrected chi connectivity index (χ4v) is 3.35. The summed E-state index contributed by atoms with van der Waals surface area (Å²) in [5.41, 5.74) is 0.242. The highest BCUT2D eigenvalue weighted by atomic mass is 16.3. The molecule has 1 fully saturated rings. The average molecular weight is 343 g/mol. The average Bonchev–Trinajstić information content (AvgIpc) is 2.62. The molecule has 132 valence electrons. The number of hydrogen-bond donors (Lipinski definition) is 1. The summed E-state index contributed by atoms with van der Waals surface area (Å²) in [7, 11) is 0. The largest absolute Gasteiger partial charge is 0.507 e. The van der Waals surface area contributed by atoms with Crippen LogP contribution in [0, 0.1) is 6.92 Å². The van der Waals surface area contributed by atoms with Gasteiger partial charge in [0.25, 0.3) is 0 Å². The number of nitrogens with zero attached hydrogens (tertiary/aromatic N) is 1. The first-order valence-electron chi connectivity index (χ1n) is 8.54. The third-order valence-electron chi connectivity index (χ3n) is 4.79. The SMILES string of the molecule is Cc1oc2c(C=O)c(O)ccc2c(=O)c1CCC(=O)N1CCCCC1. The Morgan fingerprint density at radius 2 is 2.00 bits per heavy atom. The number of benzene rings is 1. The molecule has 0 unspecified atom stereocenters. The minimum absolute atomic E-state index is 0.0337. The highest BCUT2D eigenvalue weighted by Crippen LogP contribution is 2.26. The second-order valence-corrected chi connectivity index (χ2v) is 6.40. The minimum Gasteiger partial charge on any atom is -0.507 e. The maximum Gasteiger partial charge on any atom is 0.222 e. The van der Waals surface area contributed by atoms with E-state index in [2.05, 4.69) is 0 Å². The third-order valence-corrected chi connectivity index (χ3v) is 4.79. The Hall–Kier alpha value is -2.63. The van der Waals surface area contributed by atoms with Crippen molar-refractivity contribution in [2.24, 2.45) is 0 Å². The van der Waals surface area contributed by atoms with Crippen molar-refractivity contribution in [3.05, 3.63) is 39.2 Å². The van der Waals surface area contributed by atoms with Crippen LogP contribution in [0.5, 0.6) is 5.75 Å². The van der Waals surface area contributed by atoms with Crippen molar-refractivity contribution in [3.63, 3.8) is 0 Å². The molecule has 6 nitrogen and oxygen atoms in total. The number of phenols is 1. The van der Waals surface area contributed by atoms with Crippen LogP contribution in [0.25, 0.3) is 11.0 Å². The molecule has 2 aromatic rings. The summed E-state index contributed by atoms with van der Waals surface area (Å²) in [5.74, 6) is 0.202. The minimum atomic E-state index is -0.256. The number of carbonyl (C=O) groups is 2. The molecule has 1 N–H and O–H groups in total. The predicted octanol–water partition coefficient (Wildman–Crippen LogP) is 2.56. The lowest BCUT2D eigenvalue weighted by Gasteiger charge is -2.26. The van der Waals surface area contributed by atoms with Crippen molar-refractivity contribution in [1.29, 1.82) is 0 Å². The molecule has 0 atom stereocenters. The lowest BCUT2D eigenvalue weighted by molar-refractivity contribution is -0.132. The van der Waals surface area contributed by atoms with E-state index in [1.54, 1.807) is 6.92 Å². The first-order chi connectivity index (χ1) is 12.0. The van der Waals surface area contributed by atoms with Crippen LogP contribution in [0.2, 0.25) is 0 Å². The number of aryl methyl sites for hydroxylation is 1. The van der Waals surface area contributed by atoms with Gasteiger partial charge in [-0.3, -0.25) is 14.4 Å². The monoisotopic (exact) mass is 343 g/mol. The highest BCUT2D eigenvalue weighted by molar-refractivity contribution is 5.97. The summed E-state index contributed by atoms with van der Waals surface area (Å²) < 4.78 is 5.64. The van der Waals surface area contributed by atoms with Crippen LogP contribution >= 0.6 is 0 Å². The summed E-state index contributed by atoms with van der Waals surface area (Å²) in [6.07, 6.45) is 4.25. The molecule has 2 heterocycles. The van der Waals surface area contributed by atoms with E-state index >= 15 is 0 Å². The quantitative estimate of drug-likeness (QED) is 0.862. The number of likely N-dealkylation sites (tertiary alicyclic amines) is 1. The number of amides is 1. The van der Waals surface area contributed by atoms with Crippen molar-refractivity contribution in [3.8, 4) is 5.75 Å². The van der Waals surface area contributed by atoms with E-state index in [9.17, 15) is 19.5 Å². The number of carbonyl (C=O) groups excluding carboxylic acids is 2. The van der Waals surface area contributed by atoms with E-state index in [1.807, 2.05) is 4.90 Å². The van der Waals surface area contributed by atoms with Gasteiger partial charge in [0.2, 0.25) is 5.91 Å². The smallest absolute Gasteiger partial charge is 0.222 e. The maximum atomic E-state index is 12.7. The molecule has 1 saturated heterocycles. The zero-order chi connectivity index (χ0) is 18.0. The van der Waals surface area contributed by atoms with Gasteiger partial charge in [0.05, 0.1) is 10.9 Å². The molecule has 3 rings (SSSR count). The zero-order valence-electron chi connectivity index (χ0n) is 14.2. The lowest BCUT2D eigenvalue weighted by Crippen LogP contribution is -2.35. The lowest BCUT2D eigenvalue weighted by atomic mass is 10.0. The fraction of sp³-hybridized carbons (Fsp3) is 0.421.